The highest BCUT2D eigenvalue weighted by molar-refractivity contribution is 7.89. The van der Waals surface area contributed by atoms with Gasteiger partial charge in [0.15, 0.2) is 0 Å². The molecule has 0 aliphatic carbocycles. The number of nitrogens with one attached hydrogen (secondary N) is 3. The summed E-state index contributed by atoms with van der Waals surface area (Å²) in [6.07, 6.45) is 1.06. The van der Waals surface area contributed by atoms with Crippen molar-refractivity contribution < 1.29 is 17.9 Å². The van der Waals surface area contributed by atoms with Gasteiger partial charge in [0.1, 0.15) is 0 Å². The lowest BCUT2D eigenvalue weighted by atomic mass is 10.5. The van der Waals surface area contributed by atoms with Crippen molar-refractivity contribution in [2.24, 2.45) is 0 Å². The number of pyridine rings is 1. The van der Waals surface area contributed by atoms with Gasteiger partial charge in [-0.2, -0.15) is 0 Å². The Hall–Kier alpha value is -1.71. The molecule has 1 rings (SSSR count). The minimum atomic E-state index is -3.81. The van der Waals surface area contributed by atoms with E-state index in [0.29, 0.717) is 13.2 Å². The fourth-order valence-electron chi connectivity index (χ4n) is 1.16. The van der Waals surface area contributed by atoms with Crippen molar-refractivity contribution in [3.8, 4) is 0 Å². The van der Waals surface area contributed by atoms with E-state index in [1.54, 1.807) is 0 Å². The number of methoxy groups -OCH3 is 1. The number of rotatable bonds is 7. The highest BCUT2D eigenvalue weighted by Crippen LogP contribution is 2.02. The van der Waals surface area contributed by atoms with Crippen molar-refractivity contribution in [2.75, 3.05) is 26.8 Å². The summed E-state index contributed by atoms with van der Waals surface area (Å²) in [7, 11) is -2.32. The molecule has 0 atom stereocenters. The summed E-state index contributed by atoms with van der Waals surface area (Å²) in [6, 6.07) is 2.25. The van der Waals surface area contributed by atoms with Gasteiger partial charge in [0.05, 0.1) is 18.0 Å². The van der Waals surface area contributed by atoms with Gasteiger partial charge in [0, 0.05) is 25.9 Å². The van der Waals surface area contributed by atoms with E-state index in [1.165, 1.54) is 7.11 Å². The summed E-state index contributed by atoms with van der Waals surface area (Å²) in [4.78, 5) is 24.2. The normalized spacial score (nSPS) is 11.2. The number of carbonyl (C=O) groups excluding carboxylic acids is 1. The number of H-pyrrole nitrogens is 1. The van der Waals surface area contributed by atoms with Crippen molar-refractivity contribution in [2.45, 2.75) is 4.90 Å². The molecule has 9 heteroatoms. The predicted molar refractivity (Wildman–Crippen MR) is 67.1 cm³/mol. The van der Waals surface area contributed by atoms with Gasteiger partial charge in [-0.25, -0.2) is 13.1 Å². The minimum Gasteiger partial charge on any atom is -0.383 e. The Morgan fingerprint density at radius 2 is 2.16 bits per heavy atom. The Kier molecular flexibility index (Phi) is 5.67. The van der Waals surface area contributed by atoms with Crippen LogP contribution in [0.15, 0.2) is 28.0 Å². The smallest absolute Gasteiger partial charge is 0.247 e. The quantitative estimate of drug-likeness (QED) is 0.523. The van der Waals surface area contributed by atoms with Crippen LogP contribution >= 0.6 is 0 Å². The molecule has 0 bridgehead atoms. The molecular weight excluding hydrogens is 274 g/mol. The molecule has 0 spiro atoms. The minimum absolute atomic E-state index is 0.114. The zero-order valence-electron chi connectivity index (χ0n) is 10.3. The van der Waals surface area contributed by atoms with Crippen LogP contribution in [0, 0.1) is 0 Å². The van der Waals surface area contributed by atoms with Gasteiger partial charge in [0.25, 0.3) is 0 Å². The van der Waals surface area contributed by atoms with Crippen LogP contribution in [0.4, 0.5) is 0 Å². The molecule has 0 aliphatic heterocycles. The van der Waals surface area contributed by atoms with E-state index in [1.807, 2.05) is 0 Å². The Bertz CT molecular complexity index is 561. The summed E-state index contributed by atoms with van der Waals surface area (Å²) < 4.78 is 30.3. The summed E-state index contributed by atoms with van der Waals surface area (Å²) >= 11 is 0. The second-order valence-electron chi connectivity index (χ2n) is 3.56. The fraction of sp³-hybridized carbons (Fsp3) is 0.400. The first kappa shape index (κ1) is 15.3. The predicted octanol–water partition coefficient (Wildman–Crippen LogP) is -1.58. The Labute approximate surface area is 110 Å². The molecule has 1 aromatic heterocycles. The lowest BCUT2D eigenvalue weighted by molar-refractivity contribution is -0.120. The van der Waals surface area contributed by atoms with Crippen molar-refractivity contribution >= 4 is 15.9 Å². The molecular formula is C10H15N3O5S. The number of ether oxygens (including phenoxy) is 1. The van der Waals surface area contributed by atoms with E-state index in [-0.39, 0.29) is 11.4 Å². The first-order chi connectivity index (χ1) is 8.95. The largest absolute Gasteiger partial charge is 0.383 e. The Balaban J connectivity index is 2.54. The van der Waals surface area contributed by atoms with Crippen molar-refractivity contribution in [1.29, 1.82) is 0 Å². The molecule has 1 heterocycles. The van der Waals surface area contributed by atoms with Gasteiger partial charge in [-0.05, 0) is 6.07 Å². The number of hydrogen-bond donors (Lipinski definition) is 3. The monoisotopic (exact) mass is 289 g/mol. The van der Waals surface area contributed by atoms with Gasteiger partial charge in [0.2, 0.25) is 21.5 Å². The molecule has 0 saturated carbocycles. The maximum atomic E-state index is 11.7. The molecule has 0 fully saturated rings. The van der Waals surface area contributed by atoms with E-state index in [4.69, 9.17) is 4.74 Å². The number of amides is 1. The van der Waals surface area contributed by atoms with Crippen LogP contribution in [0.1, 0.15) is 0 Å². The van der Waals surface area contributed by atoms with Crippen LogP contribution in [0.3, 0.4) is 0 Å². The molecule has 0 radical (unpaired) electrons. The first-order valence-corrected chi connectivity index (χ1v) is 6.88. The summed E-state index contributed by atoms with van der Waals surface area (Å²) in [5.74, 6) is -0.468. The van der Waals surface area contributed by atoms with Gasteiger partial charge in [-0.3, -0.25) is 9.59 Å². The van der Waals surface area contributed by atoms with E-state index in [9.17, 15) is 18.0 Å². The maximum Gasteiger partial charge on any atom is 0.247 e. The third kappa shape index (κ3) is 5.20. The molecule has 106 valence electrons. The molecule has 19 heavy (non-hydrogen) atoms. The van der Waals surface area contributed by atoms with Crippen LogP contribution in [0.25, 0.3) is 0 Å². The lowest BCUT2D eigenvalue weighted by Gasteiger charge is -2.07. The Morgan fingerprint density at radius 3 is 2.74 bits per heavy atom. The van der Waals surface area contributed by atoms with Crippen molar-refractivity contribution in [3.63, 3.8) is 0 Å². The Morgan fingerprint density at radius 1 is 1.42 bits per heavy atom. The second-order valence-corrected chi connectivity index (χ2v) is 5.32. The third-order valence-corrected chi connectivity index (χ3v) is 3.52. The van der Waals surface area contributed by atoms with Crippen molar-refractivity contribution in [3.05, 3.63) is 28.7 Å². The molecule has 0 saturated heterocycles. The summed E-state index contributed by atoms with van der Waals surface area (Å²) in [5.41, 5.74) is -0.406. The van der Waals surface area contributed by atoms with Gasteiger partial charge in [-0.1, -0.05) is 0 Å². The highest BCUT2D eigenvalue weighted by atomic mass is 32.2. The molecule has 3 N–H and O–H groups in total. The summed E-state index contributed by atoms with van der Waals surface area (Å²) in [5, 5.41) is 2.47. The lowest BCUT2D eigenvalue weighted by Crippen LogP contribution is -2.38. The standard InChI is InChI=1S/C10H15N3O5S/c1-18-5-4-11-10(15)7-13-19(16,17)8-2-3-9(14)12-6-8/h2-3,6,13H,4-5,7H2,1H3,(H,11,15)(H,12,14). The number of hydrogen-bond acceptors (Lipinski definition) is 5. The van der Waals surface area contributed by atoms with Crippen LogP contribution in [0.2, 0.25) is 0 Å². The van der Waals surface area contributed by atoms with Crippen LogP contribution in [-0.4, -0.2) is 46.1 Å². The number of sulfonamides is 1. The van der Waals surface area contributed by atoms with Crippen molar-refractivity contribution in [1.82, 2.24) is 15.0 Å². The van der Waals surface area contributed by atoms with Gasteiger partial charge < -0.3 is 15.0 Å². The van der Waals surface area contributed by atoms with E-state index >= 15 is 0 Å². The SMILES string of the molecule is COCCNC(=O)CNS(=O)(=O)c1ccc(=O)[nH]c1. The zero-order valence-corrected chi connectivity index (χ0v) is 11.1. The average Bonchev–Trinajstić information content (AvgIpc) is 2.37. The summed E-state index contributed by atoms with van der Waals surface area (Å²) in [6.45, 7) is 0.263. The first-order valence-electron chi connectivity index (χ1n) is 5.40. The third-order valence-electron chi connectivity index (χ3n) is 2.12. The topological polar surface area (TPSA) is 117 Å². The van der Waals surface area contributed by atoms with E-state index in [2.05, 4.69) is 15.0 Å². The van der Waals surface area contributed by atoms with Crippen LogP contribution in [0.5, 0.6) is 0 Å². The van der Waals surface area contributed by atoms with E-state index in [0.717, 1.165) is 18.3 Å². The fourth-order valence-corrected chi connectivity index (χ4v) is 2.11. The molecule has 1 amide bonds. The zero-order chi connectivity index (χ0) is 14.3. The molecule has 8 nitrogen and oxygen atoms in total. The molecule has 1 aromatic rings. The number of aromatic nitrogens is 1. The number of aromatic amines is 1. The second kappa shape index (κ2) is 7.02. The molecule has 0 aromatic carbocycles. The highest BCUT2D eigenvalue weighted by Gasteiger charge is 2.15. The van der Waals surface area contributed by atoms with Crippen LogP contribution in [-0.2, 0) is 19.6 Å². The van der Waals surface area contributed by atoms with Crippen LogP contribution < -0.4 is 15.6 Å². The van der Waals surface area contributed by atoms with Gasteiger partial charge >= 0.3 is 0 Å². The molecule has 0 unspecified atom stereocenters. The van der Waals surface area contributed by atoms with E-state index < -0.39 is 21.5 Å². The van der Waals surface area contributed by atoms with Gasteiger partial charge in [-0.15, -0.1) is 0 Å². The number of carbonyl (C=O) groups is 1. The maximum absolute atomic E-state index is 11.7. The average molecular weight is 289 g/mol. The molecule has 0 aliphatic rings.